The lowest BCUT2D eigenvalue weighted by Crippen LogP contribution is -2.29. The molecule has 3 aliphatic heterocycles. The number of rotatable bonds is 8. The highest BCUT2D eigenvalue weighted by Crippen LogP contribution is 2.39. The Labute approximate surface area is 234 Å². The Balaban J connectivity index is 1.34. The maximum atomic E-state index is 13.3. The molecule has 40 heavy (non-hydrogen) atoms. The molecule has 6 rings (SSSR count). The summed E-state index contributed by atoms with van der Waals surface area (Å²) in [5, 5.41) is 17.9. The van der Waals surface area contributed by atoms with Crippen molar-refractivity contribution in [2.45, 2.75) is 45.2 Å². The van der Waals surface area contributed by atoms with E-state index < -0.39 is 4.92 Å². The topological polar surface area (TPSA) is 90.7 Å². The van der Waals surface area contributed by atoms with E-state index in [1.165, 1.54) is 55.4 Å². The Bertz CT molecular complexity index is 1420. The van der Waals surface area contributed by atoms with E-state index in [1.807, 2.05) is 24.3 Å². The normalized spacial score (nSPS) is 18.9. The third-order valence-electron chi connectivity index (χ3n) is 8.13. The van der Waals surface area contributed by atoms with E-state index >= 15 is 0 Å². The molecule has 2 saturated heterocycles. The number of anilines is 2. The summed E-state index contributed by atoms with van der Waals surface area (Å²) in [6.45, 7) is 6.39. The Morgan fingerprint density at radius 3 is 1.98 bits per heavy atom. The predicted octanol–water partition coefficient (Wildman–Crippen LogP) is 6.11. The van der Waals surface area contributed by atoms with Crippen LogP contribution in [0, 0.1) is 10.1 Å². The number of amides is 1. The standard InChI is InChI=1S/C32H35N5O3/c38-32-30(28-20-27(37(39)40)14-15-29(28)34-32)31(25-10-6-23(7-11-25)21-35-16-2-1-3-17-35)33-26-12-8-24(9-13-26)22-36-18-4-5-19-36/h6-15,20,33H,1-5,16-19,21-22H2,(H,34,38)/b31-30-. The Morgan fingerprint density at radius 1 is 0.800 bits per heavy atom. The van der Waals surface area contributed by atoms with Gasteiger partial charge in [-0.05, 0) is 86.8 Å². The third kappa shape index (κ3) is 5.78. The molecule has 2 N–H and O–H groups in total. The number of benzene rings is 3. The van der Waals surface area contributed by atoms with E-state index in [-0.39, 0.29) is 11.6 Å². The number of likely N-dealkylation sites (tertiary alicyclic amines) is 2. The number of carbonyl (C=O) groups is 1. The molecule has 8 heteroatoms. The van der Waals surface area contributed by atoms with Gasteiger partial charge in [0.15, 0.2) is 0 Å². The van der Waals surface area contributed by atoms with E-state index in [9.17, 15) is 14.9 Å². The van der Waals surface area contributed by atoms with E-state index in [0.717, 1.165) is 50.5 Å². The summed E-state index contributed by atoms with van der Waals surface area (Å²) < 4.78 is 0. The maximum absolute atomic E-state index is 13.3. The quantitative estimate of drug-likeness (QED) is 0.205. The highest BCUT2D eigenvalue weighted by Gasteiger charge is 2.30. The summed E-state index contributed by atoms with van der Waals surface area (Å²) in [5.41, 5.74) is 6.30. The van der Waals surface area contributed by atoms with Gasteiger partial charge < -0.3 is 10.6 Å². The Kier molecular flexibility index (Phi) is 7.62. The molecule has 0 saturated carbocycles. The molecule has 0 aromatic heterocycles. The van der Waals surface area contributed by atoms with Crippen LogP contribution in [0.3, 0.4) is 0 Å². The molecule has 1 amide bonds. The highest BCUT2D eigenvalue weighted by atomic mass is 16.6. The lowest BCUT2D eigenvalue weighted by atomic mass is 9.98. The molecule has 8 nitrogen and oxygen atoms in total. The second-order valence-corrected chi connectivity index (χ2v) is 11.0. The van der Waals surface area contributed by atoms with Gasteiger partial charge in [0.05, 0.1) is 16.2 Å². The van der Waals surface area contributed by atoms with E-state index in [0.29, 0.717) is 22.5 Å². The van der Waals surface area contributed by atoms with Crippen LogP contribution in [-0.4, -0.2) is 46.8 Å². The zero-order valence-corrected chi connectivity index (χ0v) is 22.7. The molecule has 3 heterocycles. The van der Waals surface area contributed by atoms with Gasteiger partial charge in [0.1, 0.15) is 0 Å². The van der Waals surface area contributed by atoms with Crippen LogP contribution < -0.4 is 10.6 Å². The van der Waals surface area contributed by atoms with Crippen LogP contribution >= 0.6 is 0 Å². The highest BCUT2D eigenvalue weighted by molar-refractivity contribution is 6.37. The van der Waals surface area contributed by atoms with Crippen molar-refractivity contribution in [3.63, 3.8) is 0 Å². The predicted molar refractivity (Wildman–Crippen MR) is 159 cm³/mol. The summed E-state index contributed by atoms with van der Waals surface area (Å²) in [6.07, 6.45) is 6.31. The number of fused-ring (bicyclic) bond motifs is 1. The third-order valence-corrected chi connectivity index (χ3v) is 8.13. The molecule has 0 bridgehead atoms. The molecule has 2 fully saturated rings. The molecule has 0 spiro atoms. The van der Waals surface area contributed by atoms with Gasteiger partial charge in [-0.1, -0.05) is 42.8 Å². The molecule has 0 unspecified atom stereocenters. The first-order valence-electron chi connectivity index (χ1n) is 14.3. The SMILES string of the molecule is O=C1Nc2ccc([N+](=O)[O-])cc2/C1=C(/Nc1ccc(CN2CCCC2)cc1)c1ccc(CN2CCCCC2)cc1. The van der Waals surface area contributed by atoms with Crippen LogP contribution in [0.5, 0.6) is 0 Å². The number of nitro benzene ring substituents is 1. The number of nitro groups is 1. The van der Waals surface area contributed by atoms with Gasteiger partial charge in [-0.25, -0.2) is 0 Å². The largest absolute Gasteiger partial charge is 0.354 e. The molecular formula is C32H35N5O3. The minimum atomic E-state index is -0.428. The van der Waals surface area contributed by atoms with E-state index in [2.05, 4.69) is 44.7 Å². The molecule has 3 aromatic carbocycles. The molecular weight excluding hydrogens is 502 g/mol. The van der Waals surface area contributed by atoms with Crippen molar-refractivity contribution in [1.82, 2.24) is 9.80 Å². The first kappa shape index (κ1) is 26.2. The fourth-order valence-corrected chi connectivity index (χ4v) is 5.99. The average Bonchev–Trinajstić information content (AvgIpc) is 3.60. The van der Waals surface area contributed by atoms with Crippen molar-refractivity contribution in [3.8, 4) is 0 Å². The van der Waals surface area contributed by atoms with Gasteiger partial charge in [0.25, 0.3) is 11.6 Å². The Hall–Kier alpha value is -4.01. The van der Waals surface area contributed by atoms with Crippen LogP contribution in [-0.2, 0) is 17.9 Å². The van der Waals surface area contributed by atoms with Crippen LogP contribution in [0.15, 0.2) is 66.7 Å². The minimum absolute atomic E-state index is 0.0461. The van der Waals surface area contributed by atoms with Gasteiger partial charge in [0.2, 0.25) is 0 Å². The Morgan fingerprint density at radius 2 is 1.38 bits per heavy atom. The molecule has 0 aliphatic carbocycles. The molecule has 3 aromatic rings. The smallest absolute Gasteiger partial charge is 0.270 e. The number of non-ortho nitro benzene ring substituents is 1. The summed E-state index contributed by atoms with van der Waals surface area (Å²) in [6, 6.07) is 21.1. The number of carbonyl (C=O) groups excluding carboxylic acids is 1. The first-order chi connectivity index (χ1) is 19.5. The maximum Gasteiger partial charge on any atom is 0.270 e. The minimum Gasteiger partial charge on any atom is -0.354 e. The fraction of sp³-hybridized carbons (Fsp3) is 0.344. The lowest BCUT2D eigenvalue weighted by molar-refractivity contribution is -0.384. The number of hydrogen-bond acceptors (Lipinski definition) is 6. The second kappa shape index (κ2) is 11.6. The molecule has 206 valence electrons. The van der Waals surface area contributed by atoms with Crippen molar-refractivity contribution >= 4 is 34.2 Å². The van der Waals surface area contributed by atoms with Crippen LogP contribution in [0.1, 0.15) is 54.4 Å². The average molecular weight is 538 g/mol. The van der Waals surface area contributed by atoms with Crippen molar-refractivity contribution in [2.75, 3.05) is 36.8 Å². The van der Waals surface area contributed by atoms with Crippen molar-refractivity contribution in [1.29, 1.82) is 0 Å². The number of piperidine rings is 1. The summed E-state index contributed by atoms with van der Waals surface area (Å²) in [4.78, 5) is 29.4. The van der Waals surface area contributed by atoms with Gasteiger partial charge in [-0.2, -0.15) is 0 Å². The fourth-order valence-electron chi connectivity index (χ4n) is 5.99. The van der Waals surface area contributed by atoms with Crippen molar-refractivity contribution in [3.05, 3.63) is 99.1 Å². The van der Waals surface area contributed by atoms with E-state index in [1.54, 1.807) is 6.07 Å². The second-order valence-electron chi connectivity index (χ2n) is 11.0. The van der Waals surface area contributed by atoms with Crippen LogP contribution in [0.4, 0.5) is 17.1 Å². The van der Waals surface area contributed by atoms with Gasteiger partial charge >= 0.3 is 0 Å². The molecule has 0 radical (unpaired) electrons. The van der Waals surface area contributed by atoms with Crippen LogP contribution in [0.25, 0.3) is 11.3 Å². The summed E-state index contributed by atoms with van der Waals surface area (Å²) in [7, 11) is 0. The summed E-state index contributed by atoms with van der Waals surface area (Å²) in [5.74, 6) is -0.277. The van der Waals surface area contributed by atoms with Crippen molar-refractivity contribution in [2.24, 2.45) is 0 Å². The van der Waals surface area contributed by atoms with Gasteiger partial charge in [-0.3, -0.25) is 24.7 Å². The monoisotopic (exact) mass is 537 g/mol. The van der Waals surface area contributed by atoms with Crippen LogP contribution in [0.2, 0.25) is 0 Å². The number of nitrogens with zero attached hydrogens (tertiary/aromatic N) is 3. The van der Waals surface area contributed by atoms with Crippen molar-refractivity contribution < 1.29 is 9.72 Å². The number of hydrogen-bond donors (Lipinski definition) is 2. The van der Waals surface area contributed by atoms with Gasteiger partial charge in [-0.15, -0.1) is 0 Å². The molecule has 3 aliphatic rings. The zero-order valence-electron chi connectivity index (χ0n) is 22.7. The van der Waals surface area contributed by atoms with Gasteiger partial charge in [0, 0.05) is 42.2 Å². The summed E-state index contributed by atoms with van der Waals surface area (Å²) >= 11 is 0. The first-order valence-corrected chi connectivity index (χ1v) is 14.3. The number of nitrogens with one attached hydrogen (secondary N) is 2. The molecule has 0 atom stereocenters. The van der Waals surface area contributed by atoms with E-state index in [4.69, 9.17) is 0 Å². The lowest BCUT2D eigenvalue weighted by Gasteiger charge is -2.26. The zero-order chi connectivity index (χ0) is 27.5.